The fourth-order valence-electron chi connectivity index (χ4n) is 2.56. The van der Waals surface area contributed by atoms with Gasteiger partial charge < -0.3 is 9.32 Å². The third-order valence-corrected chi connectivity index (χ3v) is 4.54. The number of nitrogens with zero attached hydrogens (tertiary/aromatic N) is 3. The number of rotatable bonds is 3. The van der Waals surface area contributed by atoms with E-state index in [1.54, 1.807) is 36.2 Å². The van der Waals surface area contributed by atoms with E-state index >= 15 is 0 Å². The average molecular weight is 369 g/mol. The van der Waals surface area contributed by atoms with E-state index in [1.807, 2.05) is 33.2 Å². The summed E-state index contributed by atoms with van der Waals surface area (Å²) in [7, 11) is 5.25. The zero-order chi connectivity index (χ0) is 19.0. The summed E-state index contributed by atoms with van der Waals surface area (Å²) in [5.41, 5.74) is 1.68. The molecule has 6 nitrogen and oxygen atoms in total. The SMILES string of the molecule is Cc1ccc(N2C(=O)/C(=C/c3ccc(N(C)C)o3)C(=O)N(C)C2=S)cc1. The topological polar surface area (TPSA) is 57.0 Å². The van der Waals surface area contributed by atoms with Crippen molar-refractivity contribution in [2.45, 2.75) is 6.92 Å². The minimum absolute atomic E-state index is 0.00123. The van der Waals surface area contributed by atoms with Gasteiger partial charge in [-0.1, -0.05) is 17.7 Å². The van der Waals surface area contributed by atoms with E-state index in [0.717, 1.165) is 5.56 Å². The minimum atomic E-state index is -0.468. The Morgan fingerprint density at radius 2 is 1.69 bits per heavy atom. The van der Waals surface area contributed by atoms with Crippen LogP contribution in [0.2, 0.25) is 0 Å². The molecule has 134 valence electrons. The third-order valence-electron chi connectivity index (χ3n) is 4.08. The molecule has 0 radical (unpaired) electrons. The molecule has 1 aromatic carbocycles. The van der Waals surface area contributed by atoms with Gasteiger partial charge in [0.25, 0.3) is 11.8 Å². The van der Waals surface area contributed by atoms with Crippen LogP contribution >= 0.6 is 12.2 Å². The fraction of sp³-hybridized carbons (Fsp3) is 0.211. The quantitative estimate of drug-likeness (QED) is 0.473. The van der Waals surface area contributed by atoms with Crippen LogP contribution in [0.1, 0.15) is 11.3 Å². The van der Waals surface area contributed by atoms with Crippen LogP contribution in [0.5, 0.6) is 0 Å². The lowest BCUT2D eigenvalue weighted by molar-refractivity contribution is -0.127. The Morgan fingerprint density at radius 3 is 2.27 bits per heavy atom. The molecule has 2 heterocycles. The summed E-state index contributed by atoms with van der Waals surface area (Å²) in [5, 5.41) is 0.148. The van der Waals surface area contributed by atoms with Crippen LogP contribution in [-0.4, -0.2) is 43.0 Å². The number of likely N-dealkylation sites (N-methyl/N-ethyl adjacent to an activating group) is 1. The van der Waals surface area contributed by atoms with Crippen molar-refractivity contribution in [2.24, 2.45) is 0 Å². The van der Waals surface area contributed by atoms with Gasteiger partial charge in [-0.25, -0.2) is 0 Å². The summed E-state index contributed by atoms with van der Waals surface area (Å²) < 4.78 is 5.64. The smallest absolute Gasteiger partial charge is 0.270 e. The number of furan rings is 1. The van der Waals surface area contributed by atoms with Crippen molar-refractivity contribution in [3.05, 3.63) is 53.3 Å². The first-order chi connectivity index (χ1) is 12.3. The van der Waals surface area contributed by atoms with Crippen molar-refractivity contribution in [3.63, 3.8) is 0 Å². The Bertz CT molecular complexity index is 912. The van der Waals surface area contributed by atoms with E-state index in [1.165, 1.54) is 15.9 Å². The second kappa shape index (κ2) is 6.76. The maximum absolute atomic E-state index is 13.0. The number of hydrogen-bond acceptors (Lipinski definition) is 5. The number of thiocarbonyl (C=S) groups is 1. The normalized spacial score (nSPS) is 16.6. The van der Waals surface area contributed by atoms with E-state index in [-0.39, 0.29) is 10.7 Å². The molecule has 3 rings (SSSR count). The Labute approximate surface area is 157 Å². The number of anilines is 2. The second-order valence-corrected chi connectivity index (χ2v) is 6.62. The summed E-state index contributed by atoms with van der Waals surface area (Å²) in [6.07, 6.45) is 1.46. The molecular weight excluding hydrogens is 350 g/mol. The molecule has 0 N–H and O–H groups in total. The van der Waals surface area contributed by atoms with Gasteiger partial charge in [0.05, 0.1) is 5.69 Å². The highest BCUT2D eigenvalue weighted by Crippen LogP contribution is 2.26. The predicted octanol–water partition coefficient (Wildman–Crippen LogP) is 2.83. The first kappa shape index (κ1) is 17.9. The number of hydrogen-bond donors (Lipinski definition) is 0. The molecule has 7 heteroatoms. The molecule has 0 unspecified atom stereocenters. The average Bonchev–Trinajstić information content (AvgIpc) is 3.08. The Hall–Kier alpha value is -2.93. The van der Waals surface area contributed by atoms with Crippen LogP contribution in [0, 0.1) is 6.92 Å². The fourth-order valence-corrected chi connectivity index (χ4v) is 2.83. The molecule has 0 spiro atoms. The largest absolute Gasteiger partial charge is 0.441 e. The zero-order valence-corrected chi connectivity index (χ0v) is 15.8. The summed E-state index contributed by atoms with van der Waals surface area (Å²) in [6, 6.07) is 10.9. The number of benzene rings is 1. The Balaban J connectivity index is 2.02. The molecule has 0 atom stereocenters. The minimum Gasteiger partial charge on any atom is -0.441 e. The molecule has 26 heavy (non-hydrogen) atoms. The molecule has 0 aliphatic carbocycles. The van der Waals surface area contributed by atoms with Crippen molar-refractivity contribution < 1.29 is 14.0 Å². The van der Waals surface area contributed by atoms with Gasteiger partial charge in [0, 0.05) is 27.2 Å². The van der Waals surface area contributed by atoms with Crippen molar-refractivity contribution in [1.29, 1.82) is 0 Å². The predicted molar refractivity (Wildman–Crippen MR) is 105 cm³/mol. The summed E-state index contributed by atoms with van der Waals surface area (Å²) in [4.78, 5) is 30.0. The molecule has 0 saturated carbocycles. The first-order valence-electron chi connectivity index (χ1n) is 8.01. The molecular formula is C19H19N3O3S. The maximum Gasteiger partial charge on any atom is 0.270 e. The molecule has 1 aliphatic rings. The standard InChI is InChI=1S/C19H19N3O3S/c1-12-5-7-13(8-6-12)22-18(24)15(17(23)21(4)19(22)26)11-14-9-10-16(25-14)20(2)3/h5-11H,1-4H3/b15-11+. The number of aryl methyl sites for hydroxylation is 1. The second-order valence-electron chi connectivity index (χ2n) is 6.25. The molecule has 1 aromatic heterocycles. The first-order valence-corrected chi connectivity index (χ1v) is 8.42. The van der Waals surface area contributed by atoms with E-state index in [0.29, 0.717) is 17.3 Å². The number of carbonyl (C=O) groups excluding carboxylic acids is 2. The van der Waals surface area contributed by atoms with Crippen LogP contribution in [0.4, 0.5) is 11.6 Å². The lowest BCUT2D eigenvalue weighted by Gasteiger charge is -2.34. The van der Waals surface area contributed by atoms with Crippen LogP contribution in [-0.2, 0) is 9.59 Å². The molecule has 2 aromatic rings. The Morgan fingerprint density at radius 1 is 1.04 bits per heavy atom. The van der Waals surface area contributed by atoms with E-state index in [2.05, 4.69) is 0 Å². The lowest BCUT2D eigenvalue weighted by Crippen LogP contribution is -2.54. The van der Waals surface area contributed by atoms with Crippen LogP contribution in [0.15, 0.2) is 46.4 Å². The van der Waals surface area contributed by atoms with Gasteiger partial charge in [0.1, 0.15) is 11.3 Å². The summed E-state index contributed by atoms with van der Waals surface area (Å²) in [5.74, 6) is 0.137. The van der Waals surface area contributed by atoms with Gasteiger partial charge in [-0.15, -0.1) is 0 Å². The summed E-state index contributed by atoms with van der Waals surface area (Å²) >= 11 is 5.33. The lowest BCUT2D eigenvalue weighted by atomic mass is 10.1. The van der Waals surface area contributed by atoms with Crippen LogP contribution < -0.4 is 9.80 Å². The van der Waals surface area contributed by atoms with Gasteiger partial charge in [0.15, 0.2) is 11.0 Å². The van der Waals surface area contributed by atoms with Crippen molar-refractivity contribution in [3.8, 4) is 0 Å². The van der Waals surface area contributed by atoms with Gasteiger partial charge in [0.2, 0.25) is 0 Å². The van der Waals surface area contributed by atoms with Gasteiger partial charge in [-0.05, 0) is 43.4 Å². The summed E-state index contributed by atoms with van der Waals surface area (Å²) in [6.45, 7) is 1.96. The Kier molecular flexibility index (Phi) is 4.65. The zero-order valence-electron chi connectivity index (χ0n) is 15.0. The highest BCUT2D eigenvalue weighted by molar-refractivity contribution is 7.80. The molecule has 1 aliphatic heterocycles. The number of carbonyl (C=O) groups is 2. The molecule has 0 bridgehead atoms. The van der Waals surface area contributed by atoms with Crippen LogP contribution in [0.3, 0.4) is 0 Å². The van der Waals surface area contributed by atoms with E-state index in [9.17, 15) is 9.59 Å². The third kappa shape index (κ3) is 3.13. The highest BCUT2D eigenvalue weighted by Gasteiger charge is 2.38. The molecule has 2 amide bonds. The van der Waals surface area contributed by atoms with Crippen molar-refractivity contribution in [1.82, 2.24) is 4.90 Å². The van der Waals surface area contributed by atoms with Gasteiger partial charge in [-0.2, -0.15) is 0 Å². The maximum atomic E-state index is 13.0. The van der Waals surface area contributed by atoms with E-state index in [4.69, 9.17) is 16.6 Å². The van der Waals surface area contributed by atoms with Gasteiger partial charge in [-0.3, -0.25) is 19.4 Å². The highest BCUT2D eigenvalue weighted by atomic mass is 32.1. The van der Waals surface area contributed by atoms with Crippen molar-refractivity contribution in [2.75, 3.05) is 30.9 Å². The monoisotopic (exact) mass is 369 g/mol. The van der Waals surface area contributed by atoms with Crippen molar-refractivity contribution >= 4 is 46.8 Å². The van der Waals surface area contributed by atoms with E-state index < -0.39 is 11.8 Å². The molecule has 1 saturated heterocycles. The van der Waals surface area contributed by atoms with Gasteiger partial charge >= 0.3 is 0 Å². The molecule has 1 fully saturated rings. The van der Waals surface area contributed by atoms with Crippen LogP contribution in [0.25, 0.3) is 6.08 Å². The number of amides is 2.